The molecule has 2 atom stereocenters. The summed E-state index contributed by atoms with van der Waals surface area (Å²) < 4.78 is 5.28. The zero-order valence-corrected chi connectivity index (χ0v) is 21.9. The molecule has 0 fully saturated rings. The number of benzene rings is 1. The minimum atomic E-state index is -1.02. The smallest absolute Gasteiger partial charge is 0.408 e. The van der Waals surface area contributed by atoms with Gasteiger partial charge < -0.3 is 25.4 Å². The summed E-state index contributed by atoms with van der Waals surface area (Å²) in [5, 5.41) is 16.3. The van der Waals surface area contributed by atoms with Gasteiger partial charge in [-0.1, -0.05) is 51.3 Å². The van der Waals surface area contributed by atoms with Gasteiger partial charge in [0.2, 0.25) is 11.8 Å². The normalized spacial score (nSPS) is 13.0. The predicted octanol–water partition coefficient (Wildman–Crippen LogP) is 4.59. The molecule has 2 unspecified atom stereocenters. The summed E-state index contributed by atoms with van der Waals surface area (Å²) in [6.45, 7) is 13.4. The van der Waals surface area contributed by atoms with E-state index in [1.54, 1.807) is 52.8 Å². The first-order valence-corrected chi connectivity index (χ1v) is 12.3. The molecule has 0 aliphatic carbocycles. The van der Waals surface area contributed by atoms with Gasteiger partial charge in [0.15, 0.2) is 0 Å². The molecule has 0 saturated heterocycles. The zero-order chi connectivity index (χ0) is 25.9. The molecule has 1 rings (SSSR count). The van der Waals surface area contributed by atoms with E-state index < -0.39 is 29.7 Å². The van der Waals surface area contributed by atoms with Crippen molar-refractivity contribution < 1.29 is 24.2 Å². The minimum Gasteiger partial charge on any atom is -0.507 e. The third kappa shape index (κ3) is 9.23. The maximum absolute atomic E-state index is 13.5. The van der Waals surface area contributed by atoms with Crippen LogP contribution in [0.2, 0.25) is 0 Å². The number of para-hydroxylation sites is 1. The molecular weight excluding hydrogens is 434 g/mol. The van der Waals surface area contributed by atoms with Crippen molar-refractivity contribution >= 4 is 17.9 Å². The molecule has 0 aromatic heterocycles. The van der Waals surface area contributed by atoms with E-state index >= 15 is 0 Å². The lowest BCUT2D eigenvalue weighted by Gasteiger charge is -2.34. The molecule has 8 heteroatoms. The monoisotopic (exact) mass is 477 g/mol. The average Bonchev–Trinajstić information content (AvgIpc) is 2.74. The van der Waals surface area contributed by atoms with Crippen molar-refractivity contribution in [1.29, 1.82) is 0 Å². The van der Waals surface area contributed by atoms with Crippen LogP contribution >= 0.6 is 0 Å². The van der Waals surface area contributed by atoms with E-state index in [-0.39, 0.29) is 11.7 Å². The fraction of sp³-hybridized carbons (Fsp3) is 0.654. The van der Waals surface area contributed by atoms with Crippen LogP contribution in [0.15, 0.2) is 18.2 Å². The van der Waals surface area contributed by atoms with Gasteiger partial charge in [0.05, 0.1) is 0 Å². The van der Waals surface area contributed by atoms with Crippen LogP contribution in [0.5, 0.6) is 5.75 Å². The van der Waals surface area contributed by atoms with Crippen LogP contribution in [0, 0.1) is 6.92 Å². The highest BCUT2D eigenvalue weighted by molar-refractivity contribution is 5.92. The van der Waals surface area contributed by atoms with Gasteiger partial charge >= 0.3 is 6.09 Å². The molecule has 1 aromatic rings. The van der Waals surface area contributed by atoms with E-state index in [0.717, 1.165) is 25.7 Å². The highest BCUT2D eigenvalue weighted by atomic mass is 16.6. The number of rotatable bonds is 12. The molecule has 34 heavy (non-hydrogen) atoms. The van der Waals surface area contributed by atoms with Crippen LogP contribution in [0.1, 0.15) is 90.8 Å². The van der Waals surface area contributed by atoms with Crippen LogP contribution in [0.25, 0.3) is 0 Å². The number of carbonyl (C=O) groups excluding carboxylic acids is 3. The Kier molecular flexibility index (Phi) is 11.9. The molecule has 1 aromatic carbocycles. The number of carbonyl (C=O) groups is 3. The van der Waals surface area contributed by atoms with Crippen molar-refractivity contribution in [3.05, 3.63) is 29.3 Å². The van der Waals surface area contributed by atoms with Gasteiger partial charge in [-0.05, 0) is 53.0 Å². The number of hydrogen-bond donors (Lipinski definition) is 3. The van der Waals surface area contributed by atoms with E-state index in [1.807, 2.05) is 6.92 Å². The van der Waals surface area contributed by atoms with Crippen molar-refractivity contribution in [2.45, 2.75) is 98.3 Å². The van der Waals surface area contributed by atoms with Crippen LogP contribution in [0.3, 0.4) is 0 Å². The molecule has 0 spiro atoms. The van der Waals surface area contributed by atoms with Crippen LogP contribution in [-0.4, -0.2) is 52.6 Å². The second kappa shape index (κ2) is 13.8. The second-order valence-electron chi connectivity index (χ2n) is 9.67. The summed E-state index contributed by atoms with van der Waals surface area (Å²) in [6.07, 6.45) is 3.60. The van der Waals surface area contributed by atoms with E-state index in [2.05, 4.69) is 17.6 Å². The fourth-order valence-electron chi connectivity index (χ4n) is 3.53. The number of unbranched alkanes of at least 4 members (excludes halogenated alkanes) is 3. The van der Waals surface area contributed by atoms with Crippen LogP contribution in [-0.2, 0) is 14.3 Å². The minimum absolute atomic E-state index is 0.0155. The Morgan fingerprint density at radius 3 is 2.32 bits per heavy atom. The number of nitrogens with one attached hydrogen (secondary N) is 2. The Morgan fingerprint density at radius 1 is 1.09 bits per heavy atom. The number of ether oxygens (including phenoxy) is 1. The Hall–Kier alpha value is -2.77. The lowest BCUT2D eigenvalue weighted by atomic mass is 9.99. The van der Waals surface area contributed by atoms with Gasteiger partial charge in [-0.25, -0.2) is 4.79 Å². The highest BCUT2D eigenvalue weighted by Gasteiger charge is 2.35. The molecule has 8 nitrogen and oxygen atoms in total. The number of aromatic hydroxyl groups is 1. The standard InChI is InChI=1S/C26H43N3O5/c1-8-10-12-16-27-23(31)21(20-15-13-14-18(3)22(20)30)29(17-11-9-2)24(32)19(4)28-25(33)34-26(5,6)7/h13-15,19,21,30H,8-12,16-17H2,1-7H3,(H,27,31)(H,28,33). The van der Waals surface area contributed by atoms with E-state index in [1.165, 1.54) is 4.90 Å². The number of phenols is 1. The molecule has 0 aliphatic heterocycles. The summed E-state index contributed by atoms with van der Waals surface area (Å²) >= 11 is 0. The largest absolute Gasteiger partial charge is 0.507 e. The highest BCUT2D eigenvalue weighted by Crippen LogP contribution is 2.32. The SMILES string of the molecule is CCCCCNC(=O)C(c1cccc(C)c1O)N(CCCC)C(=O)C(C)NC(=O)OC(C)(C)C. The Balaban J connectivity index is 3.30. The molecular formula is C26H43N3O5. The lowest BCUT2D eigenvalue weighted by Crippen LogP contribution is -2.52. The average molecular weight is 478 g/mol. The topological polar surface area (TPSA) is 108 Å². The van der Waals surface area contributed by atoms with Crippen molar-refractivity contribution in [3.8, 4) is 5.75 Å². The predicted molar refractivity (Wildman–Crippen MR) is 134 cm³/mol. The molecule has 0 radical (unpaired) electrons. The lowest BCUT2D eigenvalue weighted by molar-refractivity contribution is -0.142. The first-order chi connectivity index (χ1) is 15.9. The molecule has 0 heterocycles. The summed E-state index contributed by atoms with van der Waals surface area (Å²) in [6, 6.07) is 3.22. The van der Waals surface area contributed by atoms with Crippen LogP contribution in [0.4, 0.5) is 4.79 Å². The number of nitrogens with zero attached hydrogens (tertiary/aromatic N) is 1. The molecule has 0 aliphatic rings. The fourth-order valence-corrected chi connectivity index (χ4v) is 3.53. The first-order valence-electron chi connectivity index (χ1n) is 12.3. The first kappa shape index (κ1) is 29.3. The third-order valence-electron chi connectivity index (χ3n) is 5.34. The number of alkyl carbamates (subject to hydrolysis) is 1. The summed E-state index contributed by atoms with van der Waals surface area (Å²) in [7, 11) is 0. The van der Waals surface area contributed by atoms with E-state index in [0.29, 0.717) is 30.6 Å². The molecule has 0 bridgehead atoms. The van der Waals surface area contributed by atoms with E-state index in [4.69, 9.17) is 4.74 Å². The van der Waals surface area contributed by atoms with Gasteiger partial charge in [0, 0.05) is 18.7 Å². The number of aryl methyl sites for hydroxylation is 1. The second-order valence-corrected chi connectivity index (χ2v) is 9.67. The van der Waals surface area contributed by atoms with Gasteiger partial charge in [0.1, 0.15) is 23.4 Å². The summed E-state index contributed by atoms with van der Waals surface area (Å²) in [5.74, 6) is -0.793. The van der Waals surface area contributed by atoms with Crippen molar-refractivity contribution in [1.82, 2.24) is 15.5 Å². The Morgan fingerprint density at radius 2 is 1.74 bits per heavy atom. The van der Waals surface area contributed by atoms with Crippen molar-refractivity contribution in [3.63, 3.8) is 0 Å². The summed E-state index contributed by atoms with van der Waals surface area (Å²) in [5.41, 5.74) is 0.272. The van der Waals surface area contributed by atoms with Gasteiger partial charge in [-0.15, -0.1) is 0 Å². The van der Waals surface area contributed by atoms with Gasteiger partial charge in [-0.2, -0.15) is 0 Å². The van der Waals surface area contributed by atoms with E-state index in [9.17, 15) is 19.5 Å². The quantitative estimate of drug-likeness (QED) is 0.382. The molecule has 3 amide bonds. The van der Waals surface area contributed by atoms with Gasteiger partial charge in [0.25, 0.3) is 0 Å². The molecule has 192 valence electrons. The Bertz CT molecular complexity index is 819. The van der Waals surface area contributed by atoms with Crippen molar-refractivity contribution in [2.75, 3.05) is 13.1 Å². The maximum Gasteiger partial charge on any atom is 0.408 e. The third-order valence-corrected chi connectivity index (χ3v) is 5.34. The van der Waals surface area contributed by atoms with Crippen LogP contribution < -0.4 is 10.6 Å². The number of hydrogen-bond acceptors (Lipinski definition) is 5. The van der Waals surface area contributed by atoms with Gasteiger partial charge in [-0.3, -0.25) is 9.59 Å². The van der Waals surface area contributed by atoms with Crippen molar-refractivity contribution in [2.24, 2.45) is 0 Å². The number of amides is 3. The molecule has 0 saturated carbocycles. The Labute approximate surface area is 204 Å². The number of phenolic OH excluding ortho intramolecular Hbond substituents is 1. The maximum atomic E-state index is 13.5. The zero-order valence-electron chi connectivity index (χ0n) is 21.9. The summed E-state index contributed by atoms with van der Waals surface area (Å²) in [4.78, 5) is 40.6. The molecule has 3 N–H and O–H groups in total.